The van der Waals surface area contributed by atoms with E-state index >= 15 is 0 Å². The maximum Gasteiger partial charge on any atom is 0.337 e. The van der Waals surface area contributed by atoms with Gasteiger partial charge in [-0.3, -0.25) is 14.6 Å². The molecule has 1 amide bonds. The molecule has 3 aromatic rings. The molecular formula is C19H16N4O4S. The third-order valence-corrected chi connectivity index (χ3v) is 4.49. The van der Waals surface area contributed by atoms with Crippen molar-refractivity contribution in [3.05, 3.63) is 70.5 Å². The van der Waals surface area contributed by atoms with E-state index in [1.165, 1.54) is 13.2 Å². The number of nitrogens with zero attached hydrogens (tertiary/aromatic N) is 2. The van der Waals surface area contributed by atoms with Crippen LogP contribution in [-0.4, -0.2) is 39.9 Å². The van der Waals surface area contributed by atoms with Gasteiger partial charge < -0.3 is 10.1 Å². The summed E-state index contributed by atoms with van der Waals surface area (Å²) in [6.45, 7) is 0. The Balaban J connectivity index is 1.61. The van der Waals surface area contributed by atoms with Gasteiger partial charge in [-0.2, -0.15) is 0 Å². The molecule has 28 heavy (non-hydrogen) atoms. The van der Waals surface area contributed by atoms with Crippen LogP contribution in [0.1, 0.15) is 10.4 Å². The fraction of sp³-hybridized carbons (Fsp3) is 0.105. The van der Waals surface area contributed by atoms with Gasteiger partial charge in [-0.1, -0.05) is 48.2 Å². The summed E-state index contributed by atoms with van der Waals surface area (Å²) in [6.07, 6.45) is 0. The molecule has 0 bridgehead atoms. The average molecular weight is 396 g/mol. The number of benzene rings is 2. The Morgan fingerprint density at radius 3 is 2.61 bits per heavy atom. The van der Waals surface area contributed by atoms with Crippen LogP contribution >= 0.6 is 11.8 Å². The summed E-state index contributed by atoms with van der Waals surface area (Å²) in [5.74, 6) is -0.795. The number of rotatable bonds is 6. The molecule has 0 radical (unpaired) electrons. The number of ether oxygens (including phenoxy) is 1. The van der Waals surface area contributed by atoms with Crippen LogP contribution in [0.4, 0.5) is 5.69 Å². The van der Waals surface area contributed by atoms with Crippen LogP contribution in [0.2, 0.25) is 0 Å². The summed E-state index contributed by atoms with van der Waals surface area (Å²) >= 11 is 1.05. The van der Waals surface area contributed by atoms with Gasteiger partial charge in [0.05, 0.1) is 18.4 Å². The molecule has 0 aliphatic heterocycles. The quantitative estimate of drug-likeness (QED) is 0.485. The molecule has 9 heteroatoms. The Kier molecular flexibility index (Phi) is 6.18. The zero-order chi connectivity index (χ0) is 19.9. The first-order valence-electron chi connectivity index (χ1n) is 8.20. The molecule has 1 heterocycles. The number of aromatic nitrogens is 3. The van der Waals surface area contributed by atoms with Crippen molar-refractivity contribution in [2.24, 2.45) is 0 Å². The fourth-order valence-corrected chi connectivity index (χ4v) is 2.95. The van der Waals surface area contributed by atoms with Crippen molar-refractivity contribution in [3.63, 3.8) is 0 Å². The number of anilines is 1. The maximum absolute atomic E-state index is 12.2. The summed E-state index contributed by atoms with van der Waals surface area (Å²) in [5.41, 5.74) is 1.30. The number of nitrogens with one attached hydrogen (secondary N) is 2. The third kappa shape index (κ3) is 4.83. The smallest absolute Gasteiger partial charge is 0.337 e. The second-order valence-electron chi connectivity index (χ2n) is 5.58. The van der Waals surface area contributed by atoms with Crippen molar-refractivity contribution in [1.29, 1.82) is 0 Å². The lowest BCUT2D eigenvalue weighted by molar-refractivity contribution is -0.113. The highest BCUT2D eigenvalue weighted by Crippen LogP contribution is 2.16. The molecule has 142 valence electrons. The highest BCUT2D eigenvalue weighted by atomic mass is 32.2. The lowest BCUT2D eigenvalue weighted by Gasteiger charge is -2.06. The Morgan fingerprint density at radius 1 is 1.11 bits per heavy atom. The highest BCUT2D eigenvalue weighted by molar-refractivity contribution is 7.99. The zero-order valence-corrected chi connectivity index (χ0v) is 15.7. The van der Waals surface area contributed by atoms with Gasteiger partial charge in [0.15, 0.2) is 10.9 Å². The van der Waals surface area contributed by atoms with Gasteiger partial charge in [0.2, 0.25) is 5.91 Å². The van der Waals surface area contributed by atoms with Crippen molar-refractivity contribution in [3.8, 4) is 11.3 Å². The van der Waals surface area contributed by atoms with Gasteiger partial charge in [-0.05, 0) is 18.2 Å². The van der Waals surface area contributed by atoms with E-state index in [1.54, 1.807) is 42.5 Å². The van der Waals surface area contributed by atoms with Crippen molar-refractivity contribution >= 4 is 29.3 Å². The largest absolute Gasteiger partial charge is 0.465 e. The van der Waals surface area contributed by atoms with Crippen molar-refractivity contribution in [1.82, 2.24) is 15.2 Å². The number of esters is 1. The van der Waals surface area contributed by atoms with E-state index in [1.807, 2.05) is 6.07 Å². The molecule has 3 rings (SSSR count). The van der Waals surface area contributed by atoms with Crippen LogP contribution in [0.5, 0.6) is 0 Å². The minimum Gasteiger partial charge on any atom is -0.465 e. The van der Waals surface area contributed by atoms with E-state index in [0.29, 0.717) is 16.8 Å². The predicted molar refractivity (Wildman–Crippen MR) is 105 cm³/mol. The molecular weight excluding hydrogens is 380 g/mol. The van der Waals surface area contributed by atoms with Gasteiger partial charge in [-0.15, -0.1) is 10.2 Å². The van der Waals surface area contributed by atoms with E-state index in [-0.39, 0.29) is 28.1 Å². The summed E-state index contributed by atoms with van der Waals surface area (Å²) in [5, 5.41) is 10.8. The Hall–Kier alpha value is -3.46. The molecule has 0 saturated heterocycles. The first-order valence-corrected chi connectivity index (χ1v) is 9.19. The van der Waals surface area contributed by atoms with Gasteiger partial charge in [-0.25, -0.2) is 4.79 Å². The second-order valence-corrected chi connectivity index (χ2v) is 6.55. The standard InChI is InChI=1S/C19H16N4O4S/c1-27-18(26)13-8-5-9-14(10-13)20-15(24)11-28-19-21-17(25)16(22-23-19)12-6-3-2-4-7-12/h2-10H,11H2,1H3,(H,20,24)(H,21,23,25). The van der Waals surface area contributed by atoms with Gasteiger partial charge in [0, 0.05) is 11.3 Å². The zero-order valence-electron chi connectivity index (χ0n) is 14.8. The van der Waals surface area contributed by atoms with E-state index in [4.69, 9.17) is 0 Å². The molecule has 8 nitrogen and oxygen atoms in total. The number of hydrogen-bond acceptors (Lipinski definition) is 7. The topological polar surface area (TPSA) is 114 Å². The van der Waals surface area contributed by atoms with E-state index in [0.717, 1.165) is 11.8 Å². The van der Waals surface area contributed by atoms with Crippen molar-refractivity contribution < 1.29 is 14.3 Å². The molecule has 0 aliphatic carbocycles. The molecule has 0 spiro atoms. The van der Waals surface area contributed by atoms with E-state index in [9.17, 15) is 14.4 Å². The lowest BCUT2D eigenvalue weighted by atomic mass is 10.2. The number of hydrogen-bond donors (Lipinski definition) is 2. The van der Waals surface area contributed by atoms with Crippen LogP contribution < -0.4 is 10.9 Å². The lowest BCUT2D eigenvalue weighted by Crippen LogP contribution is -2.17. The molecule has 1 aromatic heterocycles. The molecule has 2 aromatic carbocycles. The molecule has 0 aliphatic rings. The number of aromatic amines is 1. The molecule has 2 N–H and O–H groups in total. The normalized spacial score (nSPS) is 10.3. The monoisotopic (exact) mass is 396 g/mol. The number of H-pyrrole nitrogens is 1. The Labute approximate surface area is 164 Å². The molecule has 0 atom stereocenters. The van der Waals surface area contributed by atoms with E-state index < -0.39 is 5.97 Å². The Morgan fingerprint density at radius 2 is 1.89 bits per heavy atom. The third-order valence-electron chi connectivity index (χ3n) is 3.63. The van der Waals surface area contributed by atoms with Crippen molar-refractivity contribution in [2.75, 3.05) is 18.2 Å². The average Bonchev–Trinajstić information content (AvgIpc) is 2.72. The summed E-state index contributed by atoms with van der Waals surface area (Å²) in [6, 6.07) is 15.4. The SMILES string of the molecule is COC(=O)c1cccc(NC(=O)CSc2nnc(-c3ccccc3)c(=O)[nH]2)c1. The molecule has 0 saturated carbocycles. The van der Waals surface area contributed by atoms with Crippen molar-refractivity contribution in [2.45, 2.75) is 5.16 Å². The molecule has 0 fully saturated rings. The van der Waals surface area contributed by atoms with Gasteiger partial charge >= 0.3 is 5.97 Å². The molecule has 0 unspecified atom stereocenters. The summed E-state index contributed by atoms with van der Waals surface area (Å²) < 4.78 is 4.65. The summed E-state index contributed by atoms with van der Waals surface area (Å²) in [7, 11) is 1.29. The number of carbonyl (C=O) groups excluding carboxylic acids is 2. The maximum atomic E-state index is 12.2. The van der Waals surface area contributed by atoms with Gasteiger partial charge in [0.25, 0.3) is 5.56 Å². The predicted octanol–water partition coefficient (Wildman–Crippen LogP) is 2.35. The van der Waals surface area contributed by atoms with Crippen LogP contribution in [0, 0.1) is 0 Å². The number of carbonyl (C=O) groups is 2. The first-order chi connectivity index (χ1) is 13.6. The summed E-state index contributed by atoms with van der Waals surface area (Å²) in [4.78, 5) is 38.5. The number of thioether (sulfide) groups is 1. The second kappa shape index (κ2) is 8.96. The van der Waals surface area contributed by atoms with Crippen LogP contribution in [0.15, 0.2) is 64.5 Å². The van der Waals surface area contributed by atoms with Crippen LogP contribution in [-0.2, 0) is 9.53 Å². The minimum absolute atomic E-state index is 0.0117. The van der Waals surface area contributed by atoms with E-state index in [2.05, 4.69) is 25.2 Å². The van der Waals surface area contributed by atoms with Crippen LogP contribution in [0.25, 0.3) is 11.3 Å². The number of methoxy groups -OCH3 is 1. The highest BCUT2D eigenvalue weighted by Gasteiger charge is 2.11. The number of amides is 1. The first kappa shape index (κ1) is 19.3. The minimum atomic E-state index is -0.489. The van der Waals surface area contributed by atoms with Gasteiger partial charge in [0.1, 0.15) is 0 Å². The van der Waals surface area contributed by atoms with Crippen LogP contribution in [0.3, 0.4) is 0 Å². The Bertz CT molecular complexity index is 1050. The fourth-order valence-electron chi connectivity index (χ4n) is 2.34.